The van der Waals surface area contributed by atoms with Crippen molar-refractivity contribution in [3.63, 3.8) is 0 Å². The number of halogens is 5. The smallest absolute Gasteiger partial charge is 0.448 e. The van der Waals surface area contributed by atoms with Crippen molar-refractivity contribution in [2.24, 2.45) is 0 Å². The molecule has 13 nitrogen and oxygen atoms in total. The molecule has 0 aromatic heterocycles. The molecule has 14 aromatic rings. The zero-order chi connectivity index (χ0) is 87.5. The van der Waals surface area contributed by atoms with Crippen LogP contribution in [0.2, 0.25) is 6.82 Å². The quantitative estimate of drug-likeness (QED) is 0.0324. The van der Waals surface area contributed by atoms with Gasteiger partial charge in [0.1, 0.15) is 80.5 Å². The summed E-state index contributed by atoms with van der Waals surface area (Å²) in [5, 5.41) is 50.4. The lowest BCUT2D eigenvalue weighted by Gasteiger charge is -2.22. The Labute approximate surface area is 752 Å². The number of aromatic hydroxyl groups is 2. The van der Waals surface area contributed by atoms with Crippen LogP contribution in [0.25, 0.3) is 64.6 Å². The highest BCUT2D eigenvalue weighted by molar-refractivity contribution is 9.11. The predicted octanol–water partition coefficient (Wildman–Crippen LogP) is 30.9. The Balaban J connectivity index is 0.000000191. The molecule has 0 saturated heterocycles. The van der Waals surface area contributed by atoms with E-state index in [1.807, 2.05) is 198 Å². The maximum absolute atomic E-state index is 9.95. The summed E-state index contributed by atoms with van der Waals surface area (Å²) < 4.78 is 57.5. The van der Waals surface area contributed by atoms with Crippen LogP contribution in [0.1, 0.15) is 163 Å². The van der Waals surface area contributed by atoms with Crippen LogP contribution < -0.4 is 42.6 Å². The monoisotopic (exact) mass is 1940 g/mol. The van der Waals surface area contributed by atoms with Gasteiger partial charge in [0.15, 0.2) is 0 Å². The number of aryl methyl sites for hydroxylation is 6. The molecule has 14 rings (SSSR count). The first-order chi connectivity index (χ1) is 56.2. The molecule has 636 valence electrons. The van der Waals surface area contributed by atoms with Crippen molar-refractivity contribution in [2.75, 3.05) is 0 Å². The van der Waals surface area contributed by atoms with Crippen molar-refractivity contribution in [1.82, 2.24) is 0 Å². The maximum atomic E-state index is 9.95. The third-order valence-electron chi connectivity index (χ3n) is 19.5. The van der Waals surface area contributed by atoms with Crippen LogP contribution in [-0.4, -0.2) is 64.0 Å². The summed E-state index contributed by atoms with van der Waals surface area (Å²) in [6, 6.07) is 53.0. The zero-order valence-corrected chi connectivity index (χ0v) is 80.7. The molecule has 0 unspecified atom stereocenters. The molecular weight excluding hydrogens is 1830 g/mol. The molecule has 0 radical (unpaired) electrons. The Hall–Kier alpha value is -8.66. The van der Waals surface area contributed by atoms with E-state index in [1.54, 1.807) is 12.1 Å². The Morgan fingerprint density at radius 2 is 0.592 bits per heavy atom. The average molecular weight is 1950 g/mol. The summed E-state index contributed by atoms with van der Waals surface area (Å²) in [6.07, 6.45) is 0.839. The number of phenols is 2. The molecule has 0 saturated carbocycles. The topological polar surface area (TPSA) is 164 Å². The van der Waals surface area contributed by atoms with Gasteiger partial charge in [-0.3, -0.25) is 0 Å². The number of phenolic OH excluding ortho intramolecular Hbond substituents is 2. The van der Waals surface area contributed by atoms with Gasteiger partial charge >= 0.3 is 7.12 Å². The largest absolute Gasteiger partial charge is 0.507 e. The lowest BCUT2D eigenvalue weighted by molar-refractivity contribution is 0.232. The van der Waals surface area contributed by atoms with Gasteiger partial charge in [0.2, 0.25) is 0 Å². The van der Waals surface area contributed by atoms with Crippen LogP contribution in [0.4, 0.5) is 0 Å². The van der Waals surface area contributed by atoms with E-state index in [4.69, 9.17) is 52.7 Å². The summed E-state index contributed by atoms with van der Waals surface area (Å²) in [6.45, 7) is 48.2. The second kappa shape index (κ2) is 42.9. The summed E-state index contributed by atoms with van der Waals surface area (Å²) >= 11 is 18.4. The Kier molecular flexibility index (Phi) is 34.6. The Bertz CT molecular complexity index is 5650. The maximum Gasteiger partial charge on any atom is 0.448 e. The molecule has 0 heterocycles. The number of hydrogen-bond acceptors (Lipinski definition) is 13. The lowest BCUT2D eigenvalue weighted by Crippen LogP contribution is -2.09. The van der Waals surface area contributed by atoms with Gasteiger partial charge in [0.05, 0.1) is 50.0 Å². The first-order valence-electron chi connectivity index (χ1n) is 40.2. The van der Waals surface area contributed by atoms with E-state index in [0.717, 1.165) is 166 Å². The van der Waals surface area contributed by atoms with Crippen molar-refractivity contribution in [2.45, 2.75) is 221 Å². The second-order valence-corrected chi connectivity index (χ2v) is 35.2. The van der Waals surface area contributed by atoms with Gasteiger partial charge in [-0.05, 0) is 362 Å². The first-order valence-corrected chi connectivity index (χ1v) is 44.8. The van der Waals surface area contributed by atoms with Gasteiger partial charge in [-0.1, -0.05) is 136 Å². The molecular formula is C101H116BBr5O13. The molecule has 0 fully saturated rings. The van der Waals surface area contributed by atoms with Gasteiger partial charge in [-0.2, -0.15) is 0 Å². The van der Waals surface area contributed by atoms with Gasteiger partial charge in [-0.25, -0.2) is 0 Å². The molecule has 0 aliphatic heterocycles. The minimum atomic E-state index is -1.17. The fourth-order valence-electron chi connectivity index (χ4n) is 14.3. The molecule has 0 aliphatic carbocycles. The summed E-state index contributed by atoms with van der Waals surface area (Å²) in [7, 11) is -1.17. The normalized spacial score (nSPS) is 11.1. The molecule has 19 heteroatoms. The van der Waals surface area contributed by atoms with Gasteiger partial charge in [-0.15, -0.1) is 0 Å². The van der Waals surface area contributed by atoms with Gasteiger partial charge in [0.25, 0.3) is 0 Å². The lowest BCUT2D eigenvalue weighted by atomic mass is 9.94. The molecule has 0 atom stereocenters. The van der Waals surface area contributed by atoms with E-state index in [-0.39, 0.29) is 44.1 Å². The van der Waals surface area contributed by atoms with E-state index in [0.29, 0.717) is 22.2 Å². The van der Waals surface area contributed by atoms with Crippen LogP contribution in [0.3, 0.4) is 0 Å². The molecule has 0 spiro atoms. The van der Waals surface area contributed by atoms with Crippen molar-refractivity contribution in [3.05, 3.63) is 243 Å². The van der Waals surface area contributed by atoms with E-state index in [1.165, 1.54) is 60.7 Å². The van der Waals surface area contributed by atoms with Crippen molar-refractivity contribution >= 4 is 151 Å². The van der Waals surface area contributed by atoms with E-state index in [2.05, 4.69) is 186 Å². The number of ether oxygens (including phenoxy) is 9. The number of rotatable bonds is 20. The van der Waals surface area contributed by atoms with Crippen molar-refractivity contribution in [1.29, 1.82) is 0 Å². The summed E-state index contributed by atoms with van der Waals surface area (Å²) in [4.78, 5) is 0. The predicted molar refractivity (Wildman–Crippen MR) is 520 cm³/mol. The molecule has 4 N–H and O–H groups in total. The van der Waals surface area contributed by atoms with Gasteiger partial charge < -0.3 is 62.9 Å². The van der Waals surface area contributed by atoms with E-state index in [9.17, 15) is 10.2 Å². The second-order valence-electron chi connectivity index (χ2n) is 31.7. The molecule has 120 heavy (non-hydrogen) atoms. The standard InChI is InChI=1S/C31H38Br2O4.C22H27Br3O3.2C16H10O.C14H22O2.CH5BO2.CH4/c1-16(2)34-26-14-24(15-32)31(22(9)21(26)8)37-27-13-20(7)30(23(10)28(27)33)36-25-11-18(5)29(19(6)12-25)35-17(3)4;1-11(2)26-18-9-16(10-23)22(15(7)20(18)25)28-17-8-13(5)21(27-12(3)4)14(6)19(17)24;2*17-14-9-7-12-5-4-10-2-1-3-11-6-8-13(14)16(12)15(10)11;1-9(2)15-13-7-11(5)14(12(6)8-13)16-10(3)4;1-2(3)4;/h11-14,16-17H,15H2,1-10H3;8-9,11-12H,10H2,1-7H3;2*1-9,17H;7-10H,1-6H3;3-4H,1H3;1H4. The SMILES string of the molecule is C.CB(O)O.Cc1cc(OC(C)C)cc(C)c1OC(C)C.Cc1cc(Oc2c(C)cc(Oc3c(CBr)cc(OC(C)C)c(C)c3C)c(Br)c2C)cc(C)c1OC(C)C.Cc1cc(Oc2c(CBr)cc(OC(C)C)c(Br)c2C)c(Br)c(C)c1OC(C)C.Oc1ccc2ccc3cccc4ccc1c2c34.Oc1ccc2ccc3cccc4ccc1c2c34. The number of hydrogen-bond donors (Lipinski definition) is 4. The highest BCUT2D eigenvalue weighted by Crippen LogP contribution is 2.49. The molecule has 0 aliphatic rings. The fourth-order valence-corrected chi connectivity index (χ4v) is 16.3. The minimum absolute atomic E-state index is 0. The first kappa shape index (κ1) is 96.8. The average Bonchev–Trinajstić information content (AvgIpc) is 0.746. The molecule has 0 bridgehead atoms. The van der Waals surface area contributed by atoms with Crippen molar-refractivity contribution in [3.8, 4) is 80.5 Å². The molecule has 14 aromatic carbocycles. The Morgan fingerprint density at radius 1 is 0.300 bits per heavy atom. The number of alkyl halides is 2. The fraction of sp³-hybridized carbons (Fsp3) is 0.327. The summed E-state index contributed by atoms with van der Waals surface area (Å²) in [5.74, 6) is 10.9. The van der Waals surface area contributed by atoms with Crippen LogP contribution in [0.5, 0.6) is 80.5 Å². The van der Waals surface area contributed by atoms with Crippen molar-refractivity contribution < 1.29 is 62.9 Å². The zero-order valence-electron chi connectivity index (χ0n) is 72.8. The van der Waals surface area contributed by atoms with Crippen LogP contribution in [0, 0.1) is 76.2 Å². The third-order valence-corrected chi connectivity index (χ3v) is 23.7. The minimum Gasteiger partial charge on any atom is -0.507 e. The Morgan fingerprint density at radius 3 is 0.975 bits per heavy atom. The third kappa shape index (κ3) is 23.6. The van der Waals surface area contributed by atoms with Crippen LogP contribution >= 0.6 is 79.6 Å². The van der Waals surface area contributed by atoms with Crippen LogP contribution in [0.15, 0.2) is 171 Å². The summed E-state index contributed by atoms with van der Waals surface area (Å²) in [5.41, 5.74) is 13.6. The van der Waals surface area contributed by atoms with Crippen LogP contribution in [-0.2, 0) is 10.7 Å². The number of benzene rings is 14. The van der Waals surface area contributed by atoms with E-state index < -0.39 is 7.12 Å². The molecule has 0 amide bonds. The van der Waals surface area contributed by atoms with Gasteiger partial charge in [0, 0.05) is 60.0 Å². The highest BCUT2D eigenvalue weighted by Gasteiger charge is 2.25. The highest BCUT2D eigenvalue weighted by atomic mass is 79.9. The van der Waals surface area contributed by atoms with E-state index >= 15 is 0 Å².